The molecular weight excluding hydrogens is 176 g/mol. The van der Waals surface area contributed by atoms with Crippen molar-refractivity contribution >= 4 is 5.65 Å². The molecule has 2 N–H and O–H groups in total. The lowest BCUT2D eigenvalue weighted by Gasteiger charge is -1.95. The van der Waals surface area contributed by atoms with Crippen LogP contribution in [0.3, 0.4) is 0 Å². The van der Waals surface area contributed by atoms with Gasteiger partial charge in [-0.25, -0.2) is 9.50 Å². The Bertz CT molecular complexity index is 433. The van der Waals surface area contributed by atoms with E-state index in [0.29, 0.717) is 6.54 Å². The van der Waals surface area contributed by atoms with E-state index in [1.54, 1.807) is 0 Å². The minimum Gasteiger partial charge on any atom is -0.330 e. The first-order valence-corrected chi connectivity index (χ1v) is 4.87. The van der Waals surface area contributed by atoms with Crippen LogP contribution in [0, 0.1) is 0 Å². The van der Waals surface area contributed by atoms with Crippen molar-refractivity contribution in [2.24, 2.45) is 5.73 Å². The van der Waals surface area contributed by atoms with Crippen LogP contribution in [-0.4, -0.2) is 21.1 Å². The number of rotatable bonds is 3. The Morgan fingerprint density at radius 3 is 2.93 bits per heavy atom. The molecule has 2 aromatic heterocycles. The standard InChI is InChI=1S/C10H14N4/c1-2-8-3-4-10-12-9(5-6-11)7-14(10)13-8/h3-4,7H,2,5-6,11H2,1H3. The second kappa shape index (κ2) is 3.75. The lowest BCUT2D eigenvalue weighted by atomic mass is 10.3. The number of nitrogens with two attached hydrogens (primary N) is 1. The fraction of sp³-hybridized carbons (Fsp3) is 0.400. The van der Waals surface area contributed by atoms with Crippen LogP contribution in [0.25, 0.3) is 5.65 Å². The number of hydrogen-bond acceptors (Lipinski definition) is 3. The van der Waals surface area contributed by atoms with E-state index in [1.807, 2.05) is 22.8 Å². The Hall–Kier alpha value is -1.42. The lowest BCUT2D eigenvalue weighted by Crippen LogP contribution is -2.02. The molecule has 0 aliphatic carbocycles. The van der Waals surface area contributed by atoms with Gasteiger partial charge in [-0.3, -0.25) is 0 Å². The fourth-order valence-electron chi connectivity index (χ4n) is 1.43. The van der Waals surface area contributed by atoms with E-state index >= 15 is 0 Å². The molecule has 14 heavy (non-hydrogen) atoms. The monoisotopic (exact) mass is 190 g/mol. The predicted molar refractivity (Wildman–Crippen MR) is 55.1 cm³/mol. The summed E-state index contributed by atoms with van der Waals surface area (Å²) in [7, 11) is 0. The van der Waals surface area contributed by atoms with Gasteiger partial charge in [0.2, 0.25) is 0 Å². The zero-order valence-corrected chi connectivity index (χ0v) is 8.27. The summed E-state index contributed by atoms with van der Waals surface area (Å²) in [5.41, 5.74) is 8.45. The Balaban J connectivity index is 2.43. The largest absolute Gasteiger partial charge is 0.330 e. The summed E-state index contributed by atoms with van der Waals surface area (Å²) < 4.78 is 1.82. The normalized spacial score (nSPS) is 11.0. The van der Waals surface area contributed by atoms with Crippen molar-refractivity contribution in [3.63, 3.8) is 0 Å². The molecule has 0 bridgehead atoms. The van der Waals surface area contributed by atoms with Crippen LogP contribution >= 0.6 is 0 Å². The topological polar surface area (TPSA) is 56.2 Å². The Morgan fingerprint density at radius 2 is 2.21 bits per heavy atom. The summed E-state index contributed by atoms with van der Waals surface area (Å²) in [6.07, 6.45) is 3.70. The molecule has 0 fully saturated rings. The maximum Gasteiger partial charge on any atom is 0.153 e. The van der Waals surface area contributed by atoms with Crippen LogP contribution in [0.1, 0.15) is 18.3 Å². The van der Waals surface area contributed by atoms with Gasteiger partial charge >= 0.3 is 0 Å². The molecule has 0 unspecified atom stereocenters. The van der Waals surface area contributed by atoms with Gasteiger partial charge in [0, 0.05) is 6.42 Å². The predicted octanol–water partition coefficient (Wildman–Crippen LogP) is 0.793. The van der Waals surface area contributed by atoms with Gasteiger partial charge in [-0.1, -0.05) is 6.92 Å². The highest BCUT2D eigenvalue weighted by atomic mass is 15.2. The molecule has 0 saturated heterocycles. The average molecular weight is 190 g/mol. The SMILES string of the molecule is CCc1ccc2nc(CCN)cn2n1. The molecular formula is C10H14N4. The molecule has 0 spiro atoms. The van der Waals surface area contributed by atoms with E-state index in [9.17, 15) is 0 Å². The van der Waals surface area contributed by atoms with E-state index in [0.717, 1.165) is 29.9 Å². The number of hydrogen-bond donors (Lipinski definition) is 1. The summed E-state index contributed by atoms with van der Waals surface area (Å²) >= 11 is 0. The number of aromatic nitrogens is 3. The highest BCUT2D eigenvalue weighted by molar-refractivity contribution is 5.38. The molecule has 0 saturated carbocycles. The molecule has 74 valence electrons. The first-order valence-electron chi connectivity index (χ1n) is 4.87. The second-order valence-electron chi connectivity index (χ2n) is 3.25. The molecule has 0 aliphatic rings. The molecule has 0 radical (unpaired) electrons. The summed E-state index contributed by atoms with van der Waals surface area (Å²) in [6.45, 7) is 2.72. The zero-order valence-electron chi connectivity index (χ0n) is 8.27. The van der Waals surface area contributed by atoms with Crippen molar-refractivity contribution < 1.29 is 0 Å². The van der Waals surface area contributed by atoms with Gasteiger partial charge in [0.25, 0.3) is 0 Å². The molecule has 0 aliphatic heterocycles. The third-order valence-electron chi connectivity index (χ3n) is 2.19. The van der Waals surface area contributed by atoms with Crippen molar-refractivity contribution in [3.05, 3.63) is 29.7 Å². The van der Waals surface area contributed by atoms with Crippen molar-refractivity contribution in [1.29, 1.82) is 0 Å². The van der Waals surface area contributed by atoms with Crippen LogP contribution < -0.4 is 5.73 Å². The molecule has 0 amide bonds. The zero-order chi connectivity index (χ0) is 9.97. The molecule has 4 heteroatoms. The average Bonchev–Trinajstić information content (AvgIpc) is 2.59. The van der Waals surface area contributed by atoms with Crippen LogP contribution in [-0.2, 0) is 12.8 Å². The van der Waals surface area contributed by atoms with Gasteiger partial charge in [0.15, 0.2) is 5.65 Å². The lowest BCUT2D eigenvalue weighted by molar-refractivity contribution is 0.857. The van der Waals surface area contributed by atoms with Gasteiger partial charge in [-0.15, -0.1) is 0 Å². The van der Waals surface area contributed by atoms with Gasteiger partial charge in [0.1, 0.15) is 0 Å². The fourth-order valence-corrected chi connectivity index (χ4v) is 1.43. The molecule has 2 aromatic rings. The number of aryl methyl sites for hydroxylation is 1. The number of nitrogens with zero attached hydrogens (tertiary/aromatic N) is 3. The Labute approximate surface area is 82.8 Å². The van der Waals surface area contributed by atoms with E-state index < -0.39 is 0 Å². The summed E-state index contributed by atoms with van der Waals surface area (Å²) in [5.74, 6) is 0. The van der Waals surface area contributed by atoms with Gasteiger partial charge < -0.3 is 5.73 Å². The van der Waals surface area contributed by atoms with Gasteiger partial charge in [-0.2, -0.15) is 5.10 Å². The van der Waals surface area contributed by atoms with Crippen molar-refractivity contribution in [3.8, 4) is 0 Å². The van der Waals surface area contributed by atoms with Gasteiger partial charge in [-0.05, 0) is 25.1 Å². The van der Waals surface area contributed by atoms with E-state index in [4.69, 9.17) is 5.73 Å². The highest BCUT2D eigenvalue weighted by Crippen LogP contribution is 2.05. The van der Waals surface area contributed by atoms with Crippen LogP contribution in [0.5, 0.6) is 0 Å². The van der Waals surface area contributed by atoms with Crippen LogP contribution in [0.4, 0.5) is 0 Å². The summed E-state index contributed by atoms with van der Waals surface area (Å²) in [4.78, 5) is 4.40. The summed E-state index contributed by atoms with van der Waals surface area (Å²) in [5, 5.41) is 4.41. The first-order chi connectivity index (χ1) is 6.83. The Morgan fingerprint density at radius 1 is 1.36 bits per heavy atom. The molecule has 2 heterocycles. The van der Waals surface area contributed by atoms with Crippen LogP contribution in [0.15, 0.2) is 18.3 Å². The number of fused-ring (bicyclic) bond motifs is 1. The first kappa shape index (κ1) is 9.15. The quantitative estimate of drug-likeness (QED) is 0.778. The maximum atomic E-state index is 5.47. The Kier molecular flexibility index (Phi) is 2.45. The third-order valence-corrected chi connectivity index (χ3v) is 2.19. The van der Waals surface area contributed by atoms with Crippen molar-refractivity contribution in [2.75, 3.05) is 6.54 Å². The summed E-state index contributed by atoms with van der Waals surface area (Å²) in [6, 6.07) is 4.00. The second-order valence-corrected chi connectivity index (χ2v) is 3.25. The maximum absolute atomic E-state index is 5.47. The van der Waals surface area contributed by atoms with Crippen molar-refractivity contribution in [2.45, 2.75) is 19.8 Å². The van der Waals surface area contributed by atoms with Crippen molar-refractivity contribution in [1.82, 2.24) is 14.6 Å². The molecule has 0 aromatic carbocycles. The highest BCUT2D eigenvalue weighted by Gasteiger charge is 2.01. The van der Waals surface area contributed by atoms with Crippen LogP contribution in [0.2, 0.25) is 0 Å². The van der Waals surface area contributed by atoms with E-state index in [2.05, 4.69) is 17.0 Å². The molecule has 0 atom stereocenters. The van der Waals surface area contributed by atoms with Gasteiger partial charge in [0.05, 0.1) is 17.6 Å². The smallest absolute Gasteiger partial charge is 0.153 e. The van der Waals surface area contributed by atoms with E-state index in [-0.39, 0.29) is 0 Å². The molecule has 2 rings (SSSR count). The minimum atomic E-state index is 0.629. The minimum absolute atomic E-state index is 0.629. The third kappa shape index (κ3) is 1.61. The van der Waals surface area contributed by atoms with E-state index in [1.165, 1.54) is 0 Å². The molecule has 4 nitrogen and oxygen atoms in total. The number of imidazole rings is 1.